The second-order valence-electron chi connectivity index (χ2n) is 8.59. The quantitative estimate of drug-likeness (QED) is 0.574. The van der Waals surface area contributed by atoms with Crippen molar-refractivity contribution in [3.05, 3.63) is 35.5 Å². The van der Waals surface area contributed by atoms with Gasteiger partial charge in [0.15, 0.2) is 5.78 Å². The maximum absolute atomic E-state index is 11.8. The Morgan fingerprint density at radius 1 is 1.26 bits per heavy atom. The van der Waals surface area contributed by atoms with Gasteiger partial charge in [0.25, 0.3) is 0 Å². The summed E-state index contributed by atoms with van der Waals surface area (Å²) in [5, 5.41) is 0. The minimum atomic E-state index is 0.325. The molecule has 4 rings (SSSR count). The van der Waals surface area contributed by atoms with Crippen molar-refractivity contribution < 1.29 is 4.79 Å². The summed E-state index contributed by atoms with van der Waals surface area (Å²) in [5.41, 5.74) is 4.80. The van der Waals surface area contributed by atoms with E-state index in [1.165, 1.54) is 43.3 Å². The summed E-state index contributed by atoms with van der Waals surface area (Å²) in [4.78, 5) is 11.8. The van der Waals surface area contributed by atoms with Crippen molar-refractivity contribution in [1.82, 2.24) is 0 Å². The van der Waals surface area contributed by atoms with E-state index in [4.69, 9.17) is 0 Å². The van der Waals surface area contributed by atoms with Gasteiger partial charge < -0.3 is 0 Å². The van der Waals surface area contributed by atoms with Gasteiger partial charge in [-0.1, -0.05) is 37.6 Å². The molecule has 3 saturated carbocycles. The van der Waals surface area contributed by atoms with Crippen molar-refractivity contribution in [2.75, 3.05) is 0 Å². The van der Waals surface area contributed by atoms with Gasteiger partial charge >= 0.3 is 0 Å². The number of hydrogen-bond acceptors (Lipinski definition) is 1. The molecule has 1 nitrogen and oxygen atoms in total. The summed E-state index contributed by atoms with van der Waals surface area (Å²) in [7, 11) is 0. The smallest absolute Gasteiger partial charge is 0.156 e. The third kappa shape index (κ3) is 2.22. The molecule has 0 unspecified atom stereocenters. The standard InChI is InChI=1S/C22H30O/c1-4-5-15-6-9-21-20-12-14(2)19-13-16(23)7-8-17(19)18(20)10-11-22(15,21)3/h5,13,17-18,20-21H,2,4,6-12H2,1,3H3/t17-,18-,20-,21+,22-/m1/s1. The first kappa shape index (κ1) is 15.4. The second kappa shape index (κ2) is 5.46. The van der Waals surface area contributed by atoms with Crippen molar-refractivity contribution in [2.45, 2.75) is 65.2 Å². The second-order valence-corrected chi connectivity index (χ2v) is 8.59. The Hall–Kier alpha value is -1.11. The number of allylic oxidation sites excluding steroid dienone is 4. The van der Waals surface area contributed by atoms with E-state index in [0.29, 0.717) is 17.1 Å². The van der Waals surface area contributed by atoms with E-state index in [1.807, 2.05) is 6.08 Å². The van der Waals surface area contributed by atoms with Crippen LogP contribution in [-0.2, 0) is 4.79 Å². The molecule has 0 aromatic carbocycles. The third-order valence-corrected chi connectivity index (χ3v) is 7.62. The van der Waals surface area contributed by atoms with Crippen LogP contribution in [0.3, 0.4) is 0 Å². The molecule has 4 aliphatic carbocycles. The predicted molar refractivity (Wildman–Crippen MR) is 95.0 cm³/mol. The highest BCUT2D eigenvalue weighted by Gasteiger charge is 2.54. The molecule has 0 amide bonds. The van der Waals surface area contributed by atoms with E-state index >= 15 is 0 Å². The van der Waals surface area contributed by atoms with E-state index in [1.54, 1.807) is 5.57 Å². The average Bonchev–Trinajstić information content (AvgIpc) is 2.85. The SMILES string of the molecule is C=C1C[C@@H]2[C@H](CC[C@]3(C)C(=CCC)CC[C@@H]23)[C@H]2CCC(=O)C=C12. The minimum absolute atomic E-state index is 0.325. The number of carbonyl (C=O) groups is 1. The Labute approximate surface area is 140 Å². The Morgan fingerprint density at radius 3 is 2.87 bits per heavy atom. The largest absolute Gasteiger partial charge is 0.295 e. The summed E-state index contributed by atoms with van der Waals surface area (Å²) in [5.74, 6) is 3.40. The van der Waals surface area contributed by atoms with Crippen LogP contribution >= 0.6 is 0 Å². The Bertz CT molecular complexity index is 607. The van der Waals surface area contributed by atoms with Crippen LogP contribution in [0.25, 0.3) is 0 Å². The van der Waals surface area contributed by atoms with E-state index in [9.17, 15) is 4.79 Å². The Kier molecular flexibility index (Phi) is 3.66. The fraction of sp³-hybridized carbons (Fsp3) is 0.682. The molecular formula is C22H30O. The fourth-order valence-corrected chi connectivity index (χ4v) is 6.56. The molecule has 23 heavy (non-hydrogen) atoms. The molecule has 0 aliphatic heterocycles. The van der Waals surface area contributed by atoms with Crippen molar-refractivity contribution in [3.8, 4) is 0 Å². The van der Waals surface area contributed by atoms with Gasteiger partial charge in [-0.05, 0) is 85.7 Å². The Balaban J connectivity index is 1.67. The highest BCUT2D eigenvalue weighted by molar-refractivity contribution is 5.92. The van der Waals surface area contributed by atoms with Gasteiger partial charge in [-0.3, -0.25) is 4.79 Å². The molecule has 5 atom stereocenters. The lowest BCUT2D eigenvalue weighted by atomic mass is 9.51. The summed E-state index contributed by atoms with van der Waals surface area (Å²) < 4.78 is 0. The maximum Gasteiger partial charge on any atom is 0.156 e. The van der Waals surface area contributed by atoms with E-state index < -0.39 is 0 Å². The van der Waals surface area contributed by atoms with Crippen molar-refractivity contribution in [2.24, 2.45) is 29.1 Å². The van der Waals surface area contributed by atoms with Crippen LogP contribution in [0.2, 0.25) is 0 Å². The lowest BCUT2D eigenvalue weighted by Crippen LogP contribution is -2.45. The van der Waals surface area contributed by atoms with Gasteiger partial charge in [-0.2, -0.15) is 0 Å². The topological polar surface area (TPSA) is 17.1 Å². The fourth-order valence-electron chi connectivity index (χ4n) is 6.56. The van der Waals surface area contributed by atoms with E-state index in [0.717, 1.165) is 37.0 Å². The first-order valence-corrected chi connectivity index (χ1v) is 9.66. The third-order valence-electron chi connectivity index (χ3n) is 7.62. The van der Waals surface area contributed by atoms with Crippen LogP contribution < -0.4 is 0 Å². The molecule has 0 spiro atoms. The van der Waals surface area contributed by atoms with Crippen LogP contribution in [0.4, 0.5) is 0 Å². The van der Waals surface area contributed by atoms with E-state index in [-0.39, 0.29) is 0 Å². The number of carbonyl (C=O) groups excluding carboxylic acids is 1. The molecule has 0 radical (unpaired) electrons. The van der Waals surface area contributed by atoms with Crippen LogP contribution in [0.5, 0.6) is 0 Å². The monoisotopic (exact) mass is 310 g/mol. The van der Waals surface area contributed by atoms with Gasteiger partial charge in [-0.15, -0.1) is 0 Å². The zero-order chi connectivity index (χ0) is 16.2. The molecule has 3 fully saturated rings. The summed E-state index contributed by atoms with van der Waals surface area (Å²) in [6.45, 7) is 9.20. The predicted octanol–water partition coefficient (Wildman–Crippen LogP) is 5.63. The first-order valence-electron chi connectivity index (χ1n) is 9.66. The zero-order valence-corrected chi connectivity index (χ0v) is 14.7. The highest BCUT2D eigenvalue weighted by Crippen LogP contribution is 2.64. The molecule has 1 heteroatoms. The zero-order valence-electron chi connectivity index (χ0n) is 14.7. The molecule has 4 aliphatic rings. The molecule has 0 saturated heterocycles. The maximum atomic E-state index is 11.8. The molecule has 0 bridgehead atoms. The van der Waals surface area contributed by atoms with Crippen molar-refractivity contribution in [3.63, 3.8) is 0 Å². The number of fused-ring (bicyclic) bond motifs is 5. The highest BCUT2D eigenvalue weighted by atomic mass is 16.1. The molecule has 124 valence electrons. The minimum Gasteiger partial charge on any atom is -0.295 e. The van der Waals surface area contributed by atoms with Crippen LogP contribution in [0.1, 0.15) is 65.2 Å². The number of rotatable bonds is 1. The molecule has 0 aromatic heterocycles. The van der Waals surface area contributed by atoms with Gasteiger partial charge in [-0.25, -0.2) is 0 Å². The van der Waals surface area contributed by atoms with Crippen molar-refractivity contribution in [1.29, 1.82) is 0 Å². The van der Waals surface area contributed by atoms with Gasteiger partial charge in [0, 0.05) is 6.42 Å². The van der Waals surface area contributed by atoms with Crippen LogP contribution in [0.15, 0.2) is 35.5 Å². The van der Waals surface area contributed by atoms with Gasteiger partial charge in [0.05, 0.1) is 0 Å². The van der Waals surface area contributed by atoms with Crippen LogP contribution in [-0.4, -0.2) is 5.78 Å². The van der Waals surface area contributed by atoms with Crippen molar-refractivity contribution >= 4 is 5.78 Å². The normalized spacial score (nSPS) is 44.6. The molecular weight excluding hydrogens is 280 g/mol. The number of hydrogen-bond donors (Lipinski definition) is 0. The first-order chi connectivity index (χ1) is 11.0. The summed E-state index contributed by atoms with van der Waals surface area (Å²) in [6.07, 6.45) is 14.0. The molecule has 0 heterocycles. The van der Waals surface area contributed by atoms with Gasteiger partial charge in [0.1, 0.15) is 0 Å². The molecule has 0 aromatic rings. The van der Waals surface area contributed by atoms with Crippen LogP contribution in [0, 0.1) is 29.1 Å². The van der Waals surface area contributed by atoms with E-state index in [2.05, 4.69) is 26.5 Å². The molecule has 0 N–H and O–H groups in total. The lowest BCUT2D eigenvalue weighted by Gasteiger charge is -2.53. The average molecular weight is 310 g/mol. The number of ketones is 1. The lowest BCUT2D eigenvalue weighted by molar-refractivity contribution is -0.115. The summed E-state index contributed by atoms with van der Waals surface area (Å²) >= 11 is 0. The summed E-state index contributed by atoms with van der Waals surface area (Å²) in [6, 6.07) is 0. The van der Waals surface area contributed by atoms with Gasteiger partial charge in [0.2, 0.25) is 0 Å². The Morgan fingerprint density at radius 2 is 2.09 bits per heavy atom.